The molecule has 0 spiro atoms. The molecule has 1 fully saturated rings. The lowest BCUT2D eigenvalue weighted by Crippen LogP contribution is -2.42. The van der Waals surface area contributed by atoms with Crippen LogP contribution >= 0.6 is 0 Å². The smallest absolute Gasteiger partial charge is 0.320 e. The van der Waals surface area contributed by atoms with Gasteiger partial charge in [0.25, 0.3) is 0 Å². The SMILES string of the molecule is COCCN1CC(NC(=O)Nc2c(C)c(-c3cnc(OC)nc3)nn2-c2ccccc2)[C@H](c2cnc(F)c(F)c2)O1. The van der Waals surface area contributed by atoms with Crippen LogP contribution in [-0.2, 0) is 9.57 Å². The third kappa shape index (κ3) is 6.14. The number of aromatic nitrogens is 5. The van der Waals surface area contributed by atoms with Crippen molar-refractivity contribution in [3.8, 4) is 23.0 Å². The van der Waals surface area contributed by atoms with Crippen molar-refractivity contribution in [1.82, 2.24) is 35.1 Å². The normalized spacial score (nSPS) is 17.0. The summed E-state index contributed by atoms with van der Waals surface area (Å²) in [7, 11) is 3.03. The van der Waals surface area contributed by atoms with Gasteiger partial charge in [-0.3, -0.25) is 10.2 Å². The van der Waals surface area contributed by atoms with Crippen molar-refractivity contribution in [3.63, 3.8) is 0 Å². The predicted octanol–water partition coefficient (Wildman–Crippen LogP) is 3.44. The number of halogens is 2. The van der Waals surface area contributed by atoms with Crippen molar-refractivity contribution < 1.29 is 27.9 Å². The second-order valence-electron chi connectivity index (χ2n) is 9.18. The van der Waals surface area contributed by atoms with E-state index in [0.717, 1.165) is 6.07 Å². The van der Waals surface area contributed by atoms with Gasteiger partial charge in [0.1, 0.15) is 17.6 Å². The lowest BCUT2D eigenvalue weighted by molar-refractivity contribution is -0.154. The lowest BCUT2D eigenvalue weighted by atomic mass is 10.0. The van der Waals surface area contributed by atoms with E-state index in [0.29, 0.717) is 41.5 Å². The average Bonchev–Trinajstić information content (AvgIpc) is 3.54. The number of hydroxylamine groups is 2. The molecule has 1 saturated heterocycles. The molecule has 0 radical (unpaired) electrons. The number of ether oxygens (including phenoxy) is 2. The summed E-state index contributed by atoms with van der Waals surface area (Å²) in [6.07, 6.45) is 3.55. The van der Waals surface area contributed by atoms with Crippen LogP contribution in [0, 0.1) is 18.7 Å². The molecule has 14 heteroatoms. The topological polar surface area (TPSA) is 129 Å². The molecule has 2 atom stereocenters. The summed E-state index contributed by atoms with van der Waals surface area (Å²) in [6.45, 7) is 2.86. The molecule has 0 saturated carbocycles. The minimum Gasteiger partial charge on any atom is -0.467 e. The zero-order chi connectivity index (χ0) is 28.9. The van der Waals surface area contributed by atoms with Crippen molar-refractivity contribution in [1.29, 1.82) is 0 Å². The first kappa shape index (κ1) is 28.0. The number of nitrogens with zero attached hydrogens (tertiary/aromatic N) is 6. The third-order valence-electron chi connectivity index (χ3n) is 6.47. The fraction of sp³-hybridized carbons (Fsp3) is 0.296. The first-order valence-corrected chi connectivity index (χ1v) is 12.7. The fourth-order valence-electron chi connectivity index (χ4n) is 4.46. The van der Waals surface area contributed by atoms with Gasteiger partial charge in [0.15, 0.2) is 5.82 Å². The number of hydrogen-bond acceptors (Lipinski definition) is 9. The van der Waals surface area contributed by atoms with E-state index in [9.17, 15) is 13.6 Å². The molecule has 0 aliphatic carbocycles. The highest BCUT2D eigenvalue weighted by Gasteiger charge is 2.37. The monoisotopic (exact) mass is 566 g/mol. The molecule has 2 amide bonds. The first-order valence-electron chi connectivity index (χ1n) is 12.7. The van der Waals surface area contributed by atoms with Gasteiger partial charge in [0.05, 0.1) is 25.4 Å². The van der Waals surface area contributed by atoms with Gasteiger partial charge in [0, 0.05) is 55.5 Å². The van der Waals surface area contributed by atoms with E-state index in [1.807, 2.05) is 37.3 Å². The van der Waals surface area contributed by atoms with Crippen LogP contribution < -0.4 is 15.4 Å². The Hall–Kier alpha value is -4.53. The second-order valence-corrected chi connectivity index (χ2v) is 9.18. The number of nitrogens with one attached hydrogen (secondary N) is 2. The van der Waals surface area contributed by atoms with Gasteiger partial charge in [-0.05, 0) is 25.1 Å². The summed E-state index contributed by atoms with van der Waals surface area (Å²) >= 11 is 0. The van der Waals surface area contributed by atoms with E-state index in [1.165, 1.54) is 13.3 Å². The van der Waals surface area contributed by atoms with Crippen molar-refractivity contribution in [2.24, 2.45) is 0 Å². The van der Waals surface area contributed by atoms with E-state index in [4.69, 9.17) is 19.4 Å². The molecule has 1 aliphatic heterocycles. The minimum absolute atomic E-state index is 0.218. The molecular formula is C27H28F2N8O4. The summed E-state index contributed by atoms with van der Waals surface area (Å²) in [5, 5.41) is 12.1. The molecule has 41 heavy (non-hydrogen) atoms. The van der Waals surface area contributed by atoms with Crippen LogP contribution in [0.1, 0.15) is 17.2 Å². The second kappa shape index (κ2) is 12.3. The van der Waals surface area contributed by atoms with Crippen LogP contribution in [0.5, 0.6) is 6.01 Å². The number of carbonyl (C=O) groups excluding carboxylic acids is 1. The lowest BCUT2D eigenvalue weighted by Gasteiger charge is -2.19. The molecule has 1 unspecified atom stereocenters. The van der Waals surface area contributed by atoms with E-state index in [2.05, 4.69) is 25.6 Å². The Bertz CT molecular complexity index is 1500. The summed E-state index contributed by atoms with van der Waals surface area (Å²) in [6, 6.07) is 9.36. The summed E-state index contributed by atoms with van der Waals surface area (Å²) < 4.78 is 39.3. The van der Waals surface area contributed by atoms with Crippen molar-refractivity contribution in [2.45, 2.75) is 19.1 Å². The molecule has 1 aromatic carbocycles. The number of carbonyl (C=O) groups is 1. The minimum atomic E-state index is -1.21. The van der Waals surface area contributed by atoms with Crippen LogP contribution in [0.25, 0.3) is 16.9 Å². The molecule has 2 N–H and O–H groups in total. The zero-order valence-electron chi connectivity index (χ0n) is 22.5. The molecule has 4 aromatic rings. The van der Waals surface area contributed by atoms with Gasteiger partial charge in [0.2, 0.25) is 5.95 Å². The van der Waals surface area contributed by atoms with Gasteiger partial charge in [-0.25, -0.2) is 28.8 Å². The van der Waals surface area contributed by atoms with Crippen LogP contribution in [0.2, 0.25) is 0 Å². The molecule has 0 bridgehead atoms. The summed E-state index contributed by atoms with van der Waals surface area (Å²) in [4.78, 5) is 31.1. The number of rotatable bonds is 9. The van der Waals surface area contributed by atoms with E-state index in [-0.39, 0.29) is 18.1 Å². The highest BCUT2D eigenvalue weighted by atomic mass is 19.2. The largest absolute Gasteiger partial charge is 0.467 e. The van der Waals surface area contributed by atoms with Gasteiger partial charge in [-0.15, -0.1) is 0 Å². The highest BCUT2D eigenvalue weighted by Crippen LogP contribution is 2.32. The van der Waals surface area contributed by atoms with E-state index in [1.54, 1.807) is 29.2 Å². The maximum absolute atomic E-state index is 14.0. The molecule has 5 rings (SSSR count). The quantitative estimate of drug-likeness (QED) is 0.293. The highest BCUT2D eigenvalue weighted by molar-refractivity contribution is 5.91. The van der Waals surface area contributed by atoms with Gasteiger partial charge >= 0.3 is 12.0 Å². The number of para-hydroxylation sites is 1. The summed E-state index contributed by atoms with van der Waals surface area (Å²) in [5.41, 5.74) is 2.86. The van der Waals surface area contributed by atoms with Crippen LogP contribution in [0.4, 0.5) is 19.4 Å². The standard InChI is InChI=1S/C27H28F2N8O4/c1-16-22(18-13-31-27(40-3)32-14-18)35-37(19-7-5-4-6-8-19)25(16)34-26(38)33-21-15-36(9-10-39-2)41-23(21)17-11-20(28)24(29)30-12-17/h4-8,11-14,21,23H,9-10,15H2,1-3H3,(H2,33,34,38)/t21?,23-/m0/s1. The van der Waals surface area contributed by atoms with Crippen molar-refractivity contribution in [2.75, 3.05) is 39.2 Å². The molecule has 1 aliphatic rings. The van der Waals surface area contributed by atoms with E-state index >= 15 is 0 Å². The number of urea groups is 1. The molecule has 214 valence electrons. The molecule has 12 nitrogen and oxygen atoms in total. The van der Waals surface area contributed by atoms with E-state index < -0.39 is 29.9 Å². The number of pyridine rings is 1. The predicted molar refractivity (Wildman–Crippen MR) is 143 cm³/mol. The van der Waals surface area contributed by atoms with Gasteiger partial charge < -0.3 is 14.8 Å². The average molecular weight is 567 g/mol. The summed E-state index contributed by atoms with van der Waals surface area (Å²) in [5.74, 6) is -1.91. The fourth-order valence-corrected chi connectivity index (χ4v) is 4.46. The van der Waals surface area contributed by atoms with Crippen LogP contribution in [0.3, 0.4) is 0 Å². The number of methoxy groups -OCH3 is 2. The van der Waals surface area contributed by atoms with Crippen molar-refractivity contribution >= 4 is 11.8 Å². The number of amides is 2. The van der Waals surface area contributed by atoms with Crippen molar-refractivity contribution in [3.05, 3.63) is 77.9 Å². The molecular weight excluding hydrogens is 538 g/mol. The Morgan fingerprint density at radius 2 is 1.88 bits per heavy atom. The van der Waals surface area contributed by atoms with Gasteiger partial charge in [-0.1, -0.05) is 18.2 Å². The number of benzene rings is 1. The molecule has 3 aromatic heterocycles. The van der Waals surface area contributed by atoms with Gasteiger partial charge in [-0.2, -0.15) is 14.6 Å². The Morgan fingerprint density at radius 3 is 2.56 bits per heavy atom. The molecule has 4 heterocycles. The third-order valence-corrected chi connectivity index (χ3v) is 6.47. The Kier molecular flexibility index (Phi) is 8.42. The maximum Gasteiger partial charge on any atom is 0.320 e. The Balaban J connectivity index is 1.42. The number of anilines is 1. The Morgan fingerprint density at radius 1 is 1.12 bits per heavy atom. The van der Waals surface area contributed by atoms with Crippen LogP contribution in [0.15, 0.2) is 55.0 Å². The Labute approximate surface area is 234 Å². The maximum atomic E-state index is 14.0. The van der Waals surface area contributed by atoms with Crippen LogP contribution in [-0.4, -0.2) is 75.8 Å². The zero-order valence-corrected chi connectivity index (χ0v) is 22.5. The first-order chi connectivity index (χ1) is 19.9. The number of hydrogen-bond donors (Lipinski definition) is 2.